The summed E-state index contributed by atoms with van der Waals surface area (Å²) < 4.78 is 23.0. The summed E-state index contributed by atoms with van der Waals surface area (Å²) in [7, 11) is 0. The maximum atomic E-state index is 5.78. The first-order chi connectivity index (χ1) is 70.7. The molecule has 0 amide bonds. The number of rotatable bonds is 10. The van der Waals surface area contributed by atoms with Crippen molar-refractivity contribution >= 4 is 87.8 Å². The van der Waals surface area contributed by atoms with Crippen molar-refractivity contribution in [3.63, 3.8) is 0 Å². The molecule has 0 N–H and O–H groups in total. The zero-order chi connectivity index (χ0) is 98.5. The lowest BCUT2D eigenvalue weighted by atomic mass is 9.91. The van der Waals surface area contributed by atoms with Crippen LogP contribution in [0.25, 0.3) is 199 Å². The van der Waals surface area contributed by atoms with Gasteiger partial charge < -0.3 is 17.7 Å². The molecule has 0 unspecified atom stereocenters. The van der Waals surface area contributed by atoms with Gasteiger partial charge in [-0.3, -0.25) is 0 Å². The van der Waals surface area contributed by atoms with Crippen molar-refractivity contribution in [3.8, 4) is 111 Å². The molecule has 696 valence electrons. The van der Waals surface area contributed by atoms with Gasteiger partial charge in [-0.1, -0.05) is 483 Å². The van der Waals surface area contributed by atoms with E-state index in [1.807, 2.05) is 91.0 Å². The summed E-state index contributed by atoms with van der Waals surface area (Å²) in [5, 5.41) is 9.68. The predicted octanol–water partition coefficient (Wildman–Crippen LogP) is 40.2. The molecule has 26 rings (SSSR count). The van der Waals surface area contributed by atoms with Crippen molar-refractivity contribution in [1.29, 1.82) is 0 Å². The number of fused-ring (bicyclic) bond motifs is 12. The van der Waals surface area contributed by atoms with Crippen LogP contribution in [0.1, 0.15) is 44.5 Å². The summed E-state index contributed by atoms with van der Waals surface area (Å²) in [5.74, 6) is 0. The van der Waals surface area contributed by atoms with Gasteiger partial charge in [0.2, 0.25) is 0 Å². The summed E-state index contributed by atoms with van der Waals surface area (Å²) in [4.78, 5) is 0. The van der Waals surface area contributed by atoms with Crippen molar-refractivity contribution in [2.75, 3.05) is 0 Å². The van der Waals surface area contributed by atoms with Gasteiger partial charge in [-0.25, -0.2) is 0 Å². The number of furan rings is 4. The summed E-state index contributed by atoms with van der Waals surface area (Å²) in [6, 6.07) is 187. The van der Waals surface area contributed by atoms with Crippen LogP contribution in [-0.4, -0.2) is 0 Å². The minimum atomic E-state index is 0.966. The van der Waals surface area contributed by atoms with Gasteiger partial charge in [-0.2, -0.15) is 0 Å². The third-order valence-corrected chi connectivity index (χ3v) is 26.2. The maximum Gasteiger partial charge on any atom is 0.138 e. The molecule has 0 spiro atoms. The molecule has 0 aliphatic carbocycles. The first kappa shape index (κ1) is 95.0. The van der Waals surface area contributed by atoms with E-state index in [2.05, 4.69) is 498 Å². The van der Waals surface area contributed by atoms with Crippen LogP contribution in [0.5, 0.6) is 0 Å². The summed E-state index contributed by atoms with van der Waals surface area (Å²) >= 11 is 0. The Hall–Kier alpha value is -18.0. The highest BCUT2D eigenvalue weighted by Gasteiger charge is 2.17. The van der Waals surface area contributed by atoms with Crippen molar-refractivity contribution < 1.29 is 17.7 Å². The van der Waals surface area contributed by atoms with E-state index >= 15 is 0 Å². The maximum absolute atomic E-state index is 5.78. The topological polar surface area (TPSA) is 52.6 Å². The molecule has 4 nitrogen and oxygen atoms in total. The van der Waals surface area contributed by atoms with Gasteiger partial charge in [-0.05, 0) is 262 Å². The predicted molar refractivity (Wildman–Crippen MR) is 613 cm³/mol. The molecule has 0 atom stereocenters. The van der Waals surface area contributed by atoms with Gasteiger partial charge in [0.15, 0.2) is 0 Å². The van der Waals surface area contributed by atoms with Crippen molar-refractivity contribution in [3.05, 3.63) is 578 Å². The lowest BCUT2D eigenvalue weighted by Crippen LogP contribution is -1.87. The van der Waals surface area contributed by atoms with E-state index in [1.54, 1.807) is 0 Å². The molecule has 4 aromatic heterocycles. The molecule has 0 aliphatic rings. The largest absolute Gasteiger partial charge is 0.456 e. The van der Waals surface area contributed by atoms with Crippen LogP contribution in [0.15, 0.2) is 552 Å². The Morgan fingerprint density at radius 1 is 0.118 bits per heavy atom. The van der Waals surface area contributed by atoms with Crippen LogP contribution in [-0.2, 0) is 0 Å². The normalized spacial score (nSPS) is 10.8. The van der Waals surface area contributed by atoms with Crippen LogP contribution < -0.4 is 0 Å². The van der Waals surface area contributed by atoms with Crippen LogP contribution in [0.4, 0.5) is 0 Å². The lowest BCUT2D eigenvalue weighted by Gasteiger charge is -2.13. The Morgan fingerprint density at radius 3 is 0.826 bits per heavy atom. The van der Waals surface area contributed by atoms with E-state index in [0.717, 1.165) is 44.7 Å². The lowest BCUT2D eigenvalue weighted by molar-refractivity contribution is 0.665. The molecular formula is C140H112O4. The second kappa shape index (κ2) is 45.3. The van der Waals surface area contributed by atoms with Crippen LogP contribution in [0, 0.1) is 55.4 Å². The minimum Gasteiger partial charge on any atom is -0.456 e. The van der Waals surface area contributed by atoms with Crippen LogP contribution >= 0.6 is 0 Å². The summed E-state index contributed by atoms with van der Waals surface area (Å²) in [5.41, 5.74) is 43.2. The average Bonchev–Trinajstić information content (AvgIpc) is 1.47. The van der Waals surface area contributed by atoms with Gasteiger partial charge in [0.05, 0.1) is 0 Å². The summed E-state index contributed by atoms with van der Waals surface area (Å²) in [6.45, 7) is 16.9. The number of aryl methyl sites for hydroxylation is 8. The molecule has 0 radical (unpaired) electrons. The number of hydrogen-bond donors (Lipinski definition) is 0. The molecule has 0 bridgehead atoms. The van der Waals surface area contributed by atoms with Gasteiger partial charge >= 0.3 is 0 Å². The number of hydrogen-bond acceptors (Lipinski definition) is 4. The highest BCUT2D eigenvalue weighted by Crippen LogP contribution is 2.41. The Labute approximate surface area is 844 Å². The van der Waals surface area contributed by atoms with Crippen molar-refractivity contribution in [1.82, 2.24) is 0 Å². The number of para-hydroxylation sites is 6. The monoisotopic (exact) mass is 1860 g/mol. The van der Waals surface area contributed by atoms with Gasteiger partial charge in [-0.15, -0.1) is 0 Å². The van der Waals surface area contributed by atoms with E-state index < -0.39 is 0 Å². The standard InChI is InChI=1S/2C25H20.2C19H16.4C13H10O/c1-19-12-14-22(15-13-19)25-17-23(20-8-4-2-5-9-20)16-24(18-25)21-10-6-3-7-11-21;1-19-12-14-20(15-13-19)23-16-17-24(21-8-4-2-5-9-21)25(18-23)22-10-6-3-7-11-22;1-15-12-13-18(16-8-4-2-5-9-16)14-19(15)17-10-6-3-7-11-17;1-15-12-13-18(16-8-4-2-5-9-16)19(14-15)17-10-6-3-7-11-17;2*1-9-5-4-7-11-10-6-2-3-8-12(10)14-13(9)11;1-9-5-4-8-12-13(9)10-6-2-3-7-11(10)14-12;1-9-6-7-13-11(8-9)10-4-2-3-5-12(10)14-13/h2*2-18H,1H3;2*2-14H,1H3;4*2-8H,1H3. The molecular weight excluding hydrogens is 1750 g/mol. The van der Waals surface area contributed by atoms with E-state index in [9.17, 15) is 0 Å². The van der Waals surface area contributed by atoms with E-state index in [1.165, 1.54) is 199 Å². The van der Waals surface area contributed by atoms with E-state index in [0.29, 0.717) is 0 Å². The zero-order valence-corrected chi connectivity index (χ0v) is 82.4. The van der Waals surface area contributed by atoms with Crippen molar-refractivity contribution in [2.45, 2.75) is 55.4 Å². The van der Waals surface area contributed by atoms with Gasteiger partial charge in [0.25, 0.3) is 0 Å². The third-order valence-electron chi connectivity index (χ3n) is 26.2. The molecule has 0 saturated carbocycles. The Bertz CT molecular complexity index is 8570. The molecule has 144 heavy (non-hydrogen) atoms. The van der Waals surface area contributed by atoms with Crippen LogP contribution in [0.3, 0.4) is 0 Å². The Morgan fingerprint density at radius 2 is 0.382 bits per heavy atom. The average molecular weight is 1860 g/mol. The number of benzene rings is 22. The van der Waals surface area contributed by atoms with Gasteiger partial charge in [0, 0.05) is 43.1 Å². The van der Waals surface area contributed by atoms with E-state index in [4.69, 9.17) is 17.7 Å². The minimum absolute atomic E-state index is 0.966. The molecule has 22 aromatic carbocycles. The molecule has 0 saturated heterocycles. The molecule has 0 aliphatic heterocycles. The molecule has 4 heteroatoms. The first-order valence-electron chi connectivity index (χ1n) is 49.3. The van der Waals surface area contributed by atoms with E-state index in [-0.39, 0.29) is 0 Å². The highest BCUT2D eigenvalue weighted by atomic mass is 16.3. The Kier molecular flexibility index (Phi) is 29.9. The second-order valence-corrected chi connectivity index (χ2v) is 36.5. The molecule has 4 heterocycles. The van der Waals surface area contributed by atoms with Gasteiger partial charge in [0.1, 0.15) is 44.7 Å². The first-order valence-corrected chi connectivity index (χ1v) is 49.3. The zero-order valence-electron chi connectivity index (χ0n) is 82.4. The van der Waals surface area contributed by atoms with Crippen LogP contribution in [0.2, 0.25) is 0 Å². The fourth-order valence-corrected chi connectivity index (χ4v) is 18.6. The highest BCUT2D eigenvalue weighted by molar-refractivity contribution is 6.09. The molecule has 26 aromatic rings. The quantitative estimate of drug-likeness (QED) is 0.137. The van der Waals surface area contributed by atoms with Crippen molar-refractivity contribution in [2.24, 2.45) is 0 Å². The molecule has 0 fully saturated rings. The smallest absolute Gasteiger partial charge is 0.138 e. The SMILES string of the molecule is Cc1ccc(-c2cc(-c3ccccc3)cc(-c3ccccc3)c2)cc1.Cc1ccc(-c2ccc(-c3ccccc3)c(-c3ccccc3)c2)cc1.Cc1ccc(-c2ccccc2)c(-c2ccccc2)c1.Cc1ccc(-c2ccccc2)cc1-c1ccccc1.Cc1ccc2oc3ccccc3c2c1.Cc1cccc2c1oc1ccccc12.Cc1cccc2c1oc1ccccc12.Cc1cccc2oc3ccccc3c12. The fourth-order valence-electron chi connectivity index (χ4n) is 18.6. The fraction of sp³-hybridized carbons (Fsp3) is 0.0571. The Balaban J connectivity index is 0.000000105. The third kappa shape index (κ3) is 22.6. The summed E-state index contributed by atoms with van der Waals surface area (Å²) in [6.07, 6.45) is 0. The second-order valence-electron chi connectivity index (χ2n) is 36.5.